The molecule has 12 N–H and O–H groups in total. The number of imidazole rings is 4. The summed E-state index contributed by atoms with van der Waals surface area (Å²) in [5.41, 5.74) is 28.9. The highest BCUT2D eigenvalue weighted by Crippen LogP contribution is 2.33. The SMILES string of the molecule is CC(C)(C)c1cc(N)n(C(=O)Nc2ccc(-n3cnc4cc(F)ccc43)cc2)n1.CC(C)(C)c1cc(N)n[nH]1.CC(C)(C)c1cc(NC(=O)Nc2ccc(-n3cnc4cc(F)ccc43)cc2)n[nH]1.Nc1ccc(-n2cnc3cc(C(F)(F)F)ccc32)cc1.O=C(Cl)Oc1ccccc1.O=C(Nc1ccc(-n2cnc3cc(F)ccc32)cc1)Oc1ccccc1. The van der Waals surface area contributed by atoms with E-state index in [4.69, 9.17) is 33.5 Å². The number of aromatic amines is 2. The van der Waals surface area contributed by atoms with Crippen LogP contribution in [0, 0.1) is 17.5 Å². The number of benzene rings is 10. The molecule has 0 aliphatic heterocycles. The number of carbonyl (C=O) groups excluding carboxylic acids is 4. The first kappa shape index (κ1) is 87.8. The van der Waals surface area contributed by atoms with Crippen molar-refractivity contribution < 1.29 is 55.0 Å². The maximum Gasteiger partial charge on any atom is 0.417 e. The Bertz CT molecular complexity index is 6550. The van der Waals surface area contributed by atoms with Crippen LogP contribution in [0.4, 0.5) is 85.7 Å². The van der Waals surface area contributed by atoms with Crippen LogP contribution in [0.5, 0.6) is 11.5 Å². The second kappa shape index (κ2) is 37.8. The van der Waals surface area contributed by atoms with Gasteiger partial charge in [0.15, 0.2) is 5.82 Å². The van der Waals surface area contributed by atoms with Gasteiger partial charge in [-0.2, -0.15) is 33.1 Å². The van der Waals surface area contributed by atoms with Crippen LogP contribution in [0.2, 0.25) is 0 Å². The molecule has 0 fully saturated rings. The molecular formula is C90H84ClF6N21O6. The number of halogens is 7. The molecular weight excluding hydrogens is 1620 g/mol. The molecule has 0 unspecified atom stereocenters. The standard InChI is InChI=1S/2C21H21FN6O.C20H14FN3O2.C14H10F3N3.C7H5ClO2.C7H13N3/c1-21(2,3)18-11-19(23)28(26-18)20(29)25-14-5-7-15(8-6-14)27-12-24-16-10-13(22)4-9-17(16)27;1-21(2,3)18-11-19(27-26-18)25-20(29)24-14-5-7-15(8-6-14)28-12-23-16-10-13(22)4-9-17(16)28;21-14-6-11-19-18(12-14)22-13-24(19)16-9-7-15(8-10-16)23-20(25)26-17-4-2-1-3-5-17;15-14(16,17)9-1-6-13-12(7-9)19-8-20(13)11-4-2-10(18)3-5-11;8-7(9)10-6-4-2-1-3-5-6;1-7(2,3)5-4-6(8)10-9-5/h4-12H,23H2,1-3H3,(H,25,29);4-12H,1-3H3,(H3,24,25,26,27,29);1-13H,(H,23,25);1-8H,18H2;1-5H;4H,1-3H3,(H3,8,9,10). The minimum absolute atomic E-state index is 0.0809. The van der Waals surface area contributed by atoms with Crippen molar-refractivity contribution in [3.63, 3.8) is 0 Å². The molecule has 0 saturated carbocycles. The van der Waals surface area contributed by atoms with Crippen molar-refractivity contribution in [2.24, 2.45) is 0 Å². The summed E-state index contributed by atoms with van der Waals surface area (Å²) in [5.74, 6) is 1.26. The number of anilines is 7. The number of hydrogen-bond acceptors (Lipinski definition) is 16. The van der Waals surface area contributed by atoms with Gasteiger partial charge in [0.1, 0.15) is 65.9 Å². The van der Waals surface area contributed by atoms with E-state index in [1.54, 1.807) is 157 Å². The van der Waals surface area contributed by atoms with Gasteiger partial charge in [0, 0.05) is 121 Å². The van der Waals surface area contributed by atoms with Crippen LogP contribution in [0.25, 0.3) is 66.9 Å². The zero-order chi connectivity index (χ0) is 88.8. The van der Waals surface area contributed by atoms with E-state index in [1.165, 1.54) is 48.8 Å². The number of alkyl halides is 3. The molecule has 0 saturated heterocycles. The number of carbonyl (C=O) groups is 4. The lowest BCUT2D eigenvalue weighted by molar-refractivity contribution is -0.137. The van der Waals surface area contributed by atoms with E-state index in [0.717, 1.165) is 73.2 Å². The summed E-state index contributed by atoms with van der Waals surface area (Å²) in [6, 6.07) is 67.7. The third-order valence-electron chi connectivity index (χ3n) is 18.4. The number of H-pyrrole nitrogens is 2. The smallest absolute Gasteiger partial charge is 0.415 e. The number of nitrogens with zero attached hydrogens (tertiary/aromatic N) is 12. The monoisotopic (exact) mass is 1700 g/mol. The Kier molecular flexibility index (Phi) is 26.8. The Labute approximate surface area is 710 Å². The predicted molar refractivity (Wildman–Crippen MR) is 469 cm³/mol. The van der Waals surface area contributed by atoms with Crippen molar-refractivity contribution in [1.29, 1.82) is 0 Å². The van der Waals surface area contributed by atoms with Gasteiger partial charge in [-0.05, 0) is 176 Å². The fourth-order valence-corrected chi connectivity index (χ4v) is 12.0. The maximum atomic E-state index is 13.4. The van der Waals surface area contributed by atoms with E-state index in [9.17, 15) is 45.5 Å². The Morgan fingerprint density at radius 3 is 1.18 bits per heavy atom. The fourth-order valence-electron chi connectivity index (χ4n) is 11.9. The summed E-state index contributed by atoms with van der Waals surface area (Å²) in [7, 11) is 0. The molecule has 17 rings (SSSR count). The van der Waals surface area contributed by atoms with Gasteiger partial charge in [0.25, 0.3) is 0 Å². The van der Waals surface area contributed by atoms with Gasteiger partial charge in [-0.3, -0.25) is 39.1 Å². The lowest BCUT2D eigenvalue weighted by atomic mass is 9.92. The van der Waals surface area contributed by atoms with Gasteiger partial charge in [-0.1, -0.05) is 98.7 Å². The summed E-state index contributed by atoms with van der Waals surface area (Å²) in [5, 5.41) is 29.0. The van der Waals surface area contributed by atoms with Gasteiger partial charge in [-0.15, -0.1) is 0 Å². The van der Waals surface area contributed by atoms with Crippen molar-refractivity contribution >= 4 is 120 Å². The number of aromatic nitrogens is 14. The Balaban J connectivity index is 0.000000141. The van der Waals surface area contributed by atoms with E-state index >= 15 is 0 Å². The van der Waals surface area contributed by atoms with Crippen LogP contribution in [-0.4, -0.2) is 92.0 Å². The van der Waals surface area contributed by atoms with Gasteiger partial charge < -0.3 is 37.3 Å². The van der Waals surface area contributed by atoms with Crippen molar-refractivity contribution in [3.8, 4) is 34.2 Å². The third kappa shape index (κ3) is 23.1. The molecule has 0 aliphatic carbocycles. The Morgan fingerprint density at radius 2 is 0.798 bits per heavy atom. The number of fused-ring (bicyclic) bond motifs is 4. The third-order valence-corrected chi connectivity index (χ3v) is 18.5. The molecule has 0 bridgehead atoms. The molecule has 4 amide bonds. The van der Waals surface area contributed by atoms with Crippen LogP contribution >= 0.6 is 11.6 Å². The highest BCUT2D eigenvalue weighted by molar-refractivity contribution is 6.61. The first-order valence-corrected chi connectivity index (χ1v) is 38.5. The van der Waals surface area contributed by atoms with Crippen LogP contribution in [0.3, 0.4) is 0 Å². The zero-order valence-electron chi connectivity index (χ0n) is 68.2. The van der Waals surface area contributed by atoms with Gasteiger partial charge in [0.05, 0.1) is 55.4 Å². The number of amides is 4. The number of nitrogens with one attached hydrogen (secondary N) is 6. The molecule has 0 aliphatic rings. The molecule has 10 aromatic carbocycles. The minimum Gasteiger partial charge on any atom is -0.415 e. The first-order valence-electron chi connectivity index (χ1n) is 38.1. The van der Waals surface area contributed by atoms with E-state index in [-0.39, 0.29) is 45.5 Å². The highest BCUT2D eigenvalue weighted by Gasteiger charge is 2.31. The van der Waals surface area contributed by atoms with Crippen molar-refractivity contribution in [2.45, 2.75) is 84.7 Å². The molecule has 0 radical (unpaired) electrons. The molecule has 34 heteroatoms. The Hall–Kier alpha value is -15.5. The van der Waals surface area contributed by atoms with Crippen molar-refractivity contribution in [1.82, 2.24) is 68.4 Å². The molecule has 17 aromatic rings. The first-order chi connectivity index (χ1) is 58.9. The van der Waals surface area contributed by atoms with Gasteiger partial charge in [-0.25, -0.2) is 52.3 Å². The summed E-state index contributed by atoms with van der Waals surface area (Å²) >= 11 is 4.95. The highest BCUT2D eigenvalue weighted by atomic mass is 35.5. The predicted octanol–water partition coefficient (Wildman–Crippen LogP) is 21.3. The number of nitrogen functional groups attached to an aromatic ring is 3. The Morgan fingerprint density at radius 1 is 0.411 bits per heavy atom. The van der Waals surface area contributed by atoms with E-state index in [1.807, 2.05) is 95.1 Å². The van der Waals surface area contributed by atoms with Crippen LogP contribution in [0.15, 0.2) is 274 Å². The molecule has 27 nitrogen and oxygen atoms in total. The molecule has 0 atom stereocenters. The average Bonchev–Trinajstić information content (AvgIpc) is 1.66. The topological polar surface area (TPSA) is 359 Å². The normalized spacial score (nSPS) is 11.3. The largest absolute Gasteiger partial charge is 0.417 e. The molecule has 124 heavy (non-hydrogen) atoms. The lowest BCUT2D eigenvalue weighted by Gasteiger charge is -2.14. The van der Waals surface area contributed by atoms with Crippen molar-refractivity contribution in [2.75, 3.05) is 38.5 Å². The second-order valence-electron chi connectivity index (χ2n) is 30.8. The summed E-state index contributed by atoms with van der Waals surface area (Å²) in [6.45, 7) is 18.5. The molecule has 634 valence electrons. The second-order valence-corrected chi connectivity index (χ2v) is 31.1. The number of hydrogen-bond donors (Lipinski definition) is 9. The van der Waals surface area contributed by atoms with E-state index in [2.05, 4.69) is 113 Å². The lowest BCUT2D eigenvalue weighted by Crippen LogP contribution is -2.23. The maximum absolute atomic E-state index is 13.4. The minimum atomic E-state index is -4.36. The quantitative estimate of drug-likeness (QED) is 0.0349. The van der Waals surface area contributed by atoms with E-state index < -0.39 is 29.3 Å². The van der Waals surface area contributed by atoms with Crippen LogP contribution in [-0.2, 0) is 22.4 Å². The number of urea groups is 1. The van der Waals surface area contributed by atoms with Crippen molar-refractivity contribution in [3.05, 3.63) is 314 Å². The average molecular weight is 1710 g/mol. The number of nitrogens with two attached hydrogens (primary N) is 3. The van der Waals surface area contributed by atoms with Gasteiger partial charge >= 0.3 is 29.8 Å². The van der Waals surface area contributed by atoms with Crippen LogP contribution < -0.4 is 47.9 Å². The number of rotatable bonds is 10. The van der Waals surface area contributed by atoms with Crippen LogP contribution in [0.1, 0.15) is 85.0 Å². The summed E-state index contributed by atoms with van der Waals surface area (Å²) in [4.78, 5) is 63.5. The van der Waals surface area contributed by atoms with E-state index in [0.29, 0.717) is 73.5 Å². The number of ether oxygens (including phenoxy) is 2. The summed E-state index contributed by atoms with van der Waals surface area (Å²) < 4.78 is 96.1. The molecule has 0 spiro atoms. The molecule has 7 aromatic heterocycles. The fraction of sp³-hybridized carbons (Fsp3) is 0.144. The number of para-hydroxylation sites is 2. The zero-order valence-corrected chi connectivity index (χ0v) is 68.9. The molecule has 7 heterocycles. The summed E-state index contributed by atoms with van der Waals surface area (Å²) in [6.07, 6.45) is 1.48. The van der Waals surface area contributed by atoms with Gasteiger partial charge in [0.2, 0.25) is 0 Å².